The quantitative estimate of drug-likeness (QED) is 0.867. The average Bonchev–Trinajstić information content (AvgIpc) is 2.39. The third-order valence-corrected chi connectivity index (χ3v) is 2.18. The molecule has 2 N–H and O–H groups in total. The molecule has 0 unspecified atom stereocenters. The molecule has 0 aliphatic heterocycles. The van der Waals surface area contributed by atoms with Crippen molar-refractivity contribution >= 4 is 0 Å². The van der Waals surface area contributed by atoms with Gasteiger partial charge in [-0.25, -0.2) is 0 Å². The first-order chi connectivity index (χ1) is 8.31. The number of aromatic nitrogens is 2. The molecule has 0 aliphatic rings. The van der Waals surface area contributed by atoms with Crippen LogP contribution in [0.4, 0.5) is 0 Å². The molecule has 0 saturated heterocycles. The number of methoxy groups -OCH3 is 1. The Hall–Kier alpha value is -2.14. The van der Waals surface area contributed by atoms with Crippen molar-refractivity contribution in [1.82, 2.24) is 10.2 Å². The minimum atomic E-state index is 0.425. The van der Waals surface area contributed by atoms with Gasteiger partial charge in [-0.3, -0.25) is 0 Å². The molecule has 0 atom stereocenters. The lowest BCUT2D eigenvalue weighted by molar-refractivity contribution is 0.405. The first-order valence-corrected chi connectivity index (χ1v) is 5.15. The van der Waals surface area contributed by atoms with E-state index in [1.807, 2.05) is 12.1 Å². The van der Waals surface area contributed by atoms with Gasteiger partial charge in [0.2, 0.25) is 5.88 Å². The number of benzene rings is 1. The minimum absolute atomic E-state index is 0.425. The zero-order valence-corrected chi connectivity index (χ0v) is 9.46. The molecule has 5 heteroatoms. The summed E-state index contributed by atoms with van der Waals surface area (Å²) in [5.74, 6) is 1.76. The van der Waals surface area contributed by atoms with E-state index in [2.05, 4.69) is 10.2 Å². The third-order valence-electron chi connectivity index (χ3n) is 2.18. The second-order valence-electron chi connectivity index (χ2n) is 3.38. The molecule has 0 aliphatic carbocycles. The Morgan fingerprint density at radius 2 is 2.06 bits per heavy atom. The van der Waals surface area contributed by atoms with E-state index in [1.165, 1.54) is 0 Å². The van der Waals surface area contributed by atoms with Gasteiger partial charge in [-0.15, -0.1) is 5.10 Å². The van der Waals surface area contributed by atoms with Crippen molar-refractivity contribution in [2.75, 3.05) is 7.11 Å². The molecule has 0 amide bonds. The Labute approximate surface area is 99.2 Å². The molecule has 2 rings (SSSR count). The summed E-state index contributed by atoms with van der Waals surface area (Å²) < 4.78 is 10.7. The fourth-order valence-electron chi connectivity index (χ4n) is 1.39. The van der Waals surface area contributed by atoms with Crippen LogP contribution in [0.3, 0.4) is 0 Å². The molecule has 17 heavy (non-hydrogen) atoms. The Balaban J connectivity index is 2.26. The van der Waals surface area contributed by atoms with Crippen molar-refractivity contribution in [3.8, 4) is 17.4 Å². The number of rotatable bonds is 4. The van der Waals surface area contributed by atoms with E-state index in [0.717, 1.165) is 5.56 Å². The largest absolute Gasteiger partial charge is 0.497 e. The smallest absolute Gasteiger partial charge is 0.238 e. The maximum absolute atomic E-state index is 5.60. The Morgan fingerprint density at radius 1 is 1.24 bits per heavy atom. The van der Waals surface area contributed by atoms with Gasteiger partial charge in [-0.1, -0.05) is 0 Å². The van der Waals surface area contributed by atoms with E-state index in [1.54, 1.807) is 31.5 Å². The van der Waals surface area contributed by atoms with Gasteiger partial charge in [0.15, 0.2) is 0 Å². The predicted molar refractivity (Wildman–Crippen MR) is 63.0 cm³/mol. The van der Waals surface area contributed by atoms with Crippen LogP contribution in [0.2, 0.25) is 0 Å². The zero-order valence-electron chi connectivity index (χ0n) is 9.46. The van der Waals surface area contributed by atoms with Gasteiger partial charge in [0.05, 0.1) is 7.11 Å². The topological polar surface area (TPSA) is 70.3 Å². The van der Waals surface area contributed by atoms with Crippen LogP contribution in [-0.4, -0.2) is 17.3 Å². The number of nitrogens with two attached hydrogens (primary N) is 1. The second kappa shape index (κ2) is 5.27. The molecular weight excluding hydrogens is 218 g/mol. The van der Waals surface area contributed by atoms with Crippen LogP contribution in [0.5, 0.6) is 17.4 Å². The summed E-state index contributed by atoms with van der Waals surface area (Å²) in [7, 11) is 1.60. The number of hydrogen-bond donors (Lipinski definition) is 1. The molecule has 5 nitrogen and oxygen atoms in total. The molecule has 1 aromatic heterocycles. The van der Waals surface area contributed by atoms with Crippen LogP contribution in [0, 0.1) is 0 Å². The van der Waals surface area contributed by atoms with E-state index in [4.69, 9.17) is 15.2 Å². The van der Waals surface area contributed by atoms with Gasteiger partial charge >= 0.3 is 0 Å². The molecular formula is C12H13N3O2. The Morgan fingerprint density at radius 3 is 2.71 bits per heavy atom. The highest BCUT2D eigenvalue weighted by Crippen LogP contribution is 2.25. The lowest BCUT2D eigenvalue weighted by Crippen LogP contribution is -1.98. The monoisotopic (exact) mass is 231 g/mol. The third kappa shape index (κ3) is 2.92. The Bertz CT molecular complexity index is 466. The molecule has 0 spiro atoms. The molecule has 0 bridgehead atoms. The fraction of sp³-hybridized carbons (Fsp3) is 0.167. The molecule has 2 aromatic rings. The van der Waals surface area contributed by atoms with Crippen molar-refractivity contribution in [3.05, 3.63) is 42.1 Å². The zero-order chi connectivity index (χ0) is 12.1. The molecule has 1 heterocycles. The van der Waals surface area contributed by atoms with E-state index < -0.39 is 0 Å². The molecule has 0 saturated carbocycles. The standard InChI is InChI=1S/C12H13N3O2/c1-16-10-5-9(8-13)6-11(7-10)17-12-3-2-4-14-15-12/h2-7H,8,13H2,1H3. The van der Waals surface area contributed by atoms with Crippen molar-refractivity contribution in [1.29, 1.82) is 0 Å². The van der Waals surface area contributed by atoms with Crippen LogP contribution in [0.15, 0.2) is 36.5 Å². The second-order valence-corrected chi connectivity index (χ2v) is 3.38. The molecule has 0 fully saturated rings. The summed E-state index contributed by atoms with van der Waals surface area (Å²) in [5, 5.41) is 7.58. The van der Waals surface area contributed by atoms with Crippen LogP contribution < -0.4 is 15.2 Å². The lowest BCUT2D eigenvalue weighted by Gasteiger charge is -2.08. The summed E-state index contributed by atoms with van der Waals surface area (Å²) >= 11 is 0. The Kier molecular flexibility index (Phi) is 3.52. The average molecular weight is 231 g/mol. The number of ether oxygens (including phenoxy) is 2. The van der Waals surface area contributed by atoms with E-state index in [0.29, 0.717) is 23.9 Å². The van der Waals surface area contributed by atoms with Crippen LogP contribution in [-0.2, 0) is 6.54 Å². The molecule has 1 aromatic carbocycles. The first kappa shape index (κ1) is 11.3. The summed E-state index contributed by atoms with van der Waals surface area (Å²) in [6.07, 6.45) is 1.59. The lowest BCUT2D eigenvalue weighted by atomic mass is 10.2. The highest BCUT2D eigenvalue weighted by molar-refractivity contribution is 5.39. The highest BCUT2D eigenvalue weighted by atomic mass is 16.5. The van der Waals surface area contributed by atoms with E-state index >= 15 is 0 Å². The fourth-order valence-corrected chi connectivity index (χ4v) is 1.39. The maximum Gasteiger partial charge on any atom is 0.238 e. The highest BCUT2D eigenvalue weighted by Gasteiger charge is 2.03. The van der Waals surface area contributed by atoms with Crippen LogP contribution in [0.1, 0.15) is 5.56 Å². The van der Waals surface area contributed by atoms with Gasteiger partial charge in [-0.2, -0.15) is 5.10 Å². The normalized spacial score (nSPS) is 10.0. The SMILES string of the molecule is COc1cc(CN)cc(Oc2cccnn2)c1. The van der Waals surface area contributed by atoms with Crippen LogP contribution in [0.25, 0.3) is 0 Å². The summed E-state index contributed by atoms with van der Waals surface area (Å²) in [5.41, 5.74) is 6.53. The summed E-state index contributed by atoms with van der Waals surface area (Å²) in [6.45, 7) is 0.425. The van der Waals surface area contributed by atoms with Gasteiger partial charge in [-0.05, 0) is 23.8 Å². The first-order valence-electron chi connectivity index (χ1n) is 5.15. The maximum atomic E-state index is 5.60. The number of hydrogen-bond acceptors (Lipinski definition) is 5. The van der Waals surface area contributed by atoms with Crippen molar-refractivity contribution in [3.63, 3.8) is 0 Å². The van der Waals surface area contributed by atoms with Gasteiger partial charge in [0.25, 0.3) is 0 Å². The molecule has 88 valence electrons. The van der Waals surface area contributed by atoms with Gasteiger partial charge in [0.1, 0.15) is 11.5 Å². The van der Waals surface area contributed by atoms with Gasteiger partial charge in [0, 0.05) is 24.9 Å². The minimum Gasteiger partial charge on any atom is -0.497 e. The number of nitrogens with zero attached hydrogens (tertiary/aromatic N) is 2. The van der Waals surface area contributed by atoms with E-state index in [9.17, 15) is 0 Å². The summed E-state index contributed by atoms with van der Waals surface area (Å²) in [4.78, 5) is 0. The predicted octanol–water partition coefficient (Wildman–Crippen LogP) is 1.74. The van der Waals surface area contributed by atoms with Crippen molar-refractivity contribution in [2.45, 2.75) is 6.54 Å². The van der Waals surface area contributed by atoms with Crippen molar-refractivity contribution < 1.29 is 9.47 Å². The summed E-state index contributed by atoms with van der Waals surface area (Å²) in [6, 6.07) is 8.97. The van der Waals surface area contributed by atoms with E-state index in [-0.39, 0.29) is 0 Å². The van der Waals surface area contributed by atoms with Gasteiger partial charge < -0.3 is 15.2 Å². The van der Waals surface area contributed by atoms with Crippen LogP contribution >= 0.6 is 0 Å². The van der Waals surface area contributed by atoms with Crippen molar-refractivity contribution in [2.24, 2.45) is 5.73 Å². The molecule has 0 radical (unpaired) electrons.